The van der Waals surface area contributed by atoms with E-state index in [-0.39, 0.29) is 0 Å². The molecule has 1 saturated heterocycles. The molecule has 0 spiro atoms. The predicted octanol–water partition coefficient (Wildman–Crippen LogP) is 2.22. The number of hydrogen-bond acceptors (Lipinski definition) is 5. The number of rotatable bonds is 5. The summed E-state index contributed by atoms with van der Waals surface area (Å²) in [6, 6.07) is 11.9. The summed E-state index contributed by atoms with van der Waals surface area (Å²) in [5.41, 5.74) is 8.64. The first-order valence-electron chi connectivity index (χ1n) is 8.56. The Morgan fingerprint density at radius 3 is 2.62 bits per heavy atom. The zero-order valence-electron chi connectivity index (χ0n) is 14.2. The molecule has 24 heavy (non-hydrogen) atoms. The van der Waals surface area contributed by atoms with Gasteiger partial charge in [0.2, 0.25) is 0 Å². The molecule has 5 heteroatoms. The minimum Gasteiger partial charge on any atom is -0.399 e. The summed E-state index contributed by atoms with van der Waals surface area (Å²) in [6.07, 6.45) is 2.11. The Bertz CT molecular complexity index is 654. The van der Waals surface area contributed by atoms with Crippen LogP contribution in [0.25, 0.3) is 0 Å². The number of anilines is 2. The normalized spacial score (nSPS) is 17.0. The molecule has 3 rings (SSSR count). The SMILES string of the molecule is Cc1ccc(C(O)CCN2CCN(c3ccccn3)CC2)cc1N. The number of pyridine rings is 1. The van der Waals surface area contributed by atoms with Gasteiger partial charge in [0.1, 0.15) is 5.82 Å². The topological polar surface area (TPSA) is 65.6 Å². The van der Waals surface area contributed by atoms with Crippen LogP contribution in [0.2, 0.25) is 0 Å². The van der Waals surface area contributed by atoms with Gasteiger partial charge in [0.25, 0.3) is 0 Å². The van der Waals surface area contributed by atoms with Crippen LogP contribution in [0.3, 0.4) is 0 Å². The predicted molar refractivity (Wildman–Crippen MR) is 98.1 cm³/mol. The lowest BCUT2D eigenvalue weighted by Gasteiger charge is -2.35. The summed E-state index contributed by atoms with van der Waals surface area (Å²) < 4.78 is 0. The van der Waals surface area contributed by atoms with E-state index in [0.717, 1.165) is 61.8 Å². The molecule has 1 aromatic heterocycles. The van der Waals surface area contributed by atoms with Crippen molar-refractivity contribution in [1.82, 2.24) is 9.88 Å². The van der Waals surface area contributed by atoms with Crippen LogP contribution in [0.5, 0.6) is 0 Å². The number of nitrogen functional groups attached to an aromatic ring is 1. The molecule has 1 fully saturated rings. The third kappa shape index (κ3) is 4.04. The van der Waals surface area contributed by atoms with Crippen LogP contribution in [-0.4, -0.2) is 47.7 Å². The molecular weight excluding hydrogens is 300 g/mol. The first kappa shape index (κ1) is 16.7. The minimum absolute atomic E-state index is 0.457. The lowest BCUT2D eigenvalue weighted by Crippen LogP contribution is -2.47. The van der Waals surface area contributed by atoms with E-state index < -0.39 is 6.10 Å². The fourth-order valence-electron chi connectivity index (χ4n) is 3.08. The monoisotopic (exact) mass is 326 g/mol. The van der Waals surface area contributed by atoms with E-state index in [2.05, 4.69) is 20.9 Å². The number of aromatic nitrogens is 1. The molecule has 1 atom stereocenters. The van der Waals surface area contributed by atoms with Crippen molar-refractivity contribution < 1.29 is 5.11 Å². The Kier molecular flexibility index (Phi) is 5.33. The average molecular weight is 326 g/mol. The molecule has 0 amide bonds. The lowest BCUT2D eigenvalue weighted by molar-refractivity contribution is 0.139. The first-order valence-corrected chi connectivity index (χ1v) is 8.56. The second kappa shape index (κ2) is 7.64. The Balaban J connectivity index is 1.47. The molecule has 0 saturated carbocycles. The molecule has 1 aromatic carbocycles. The van der Waals surface area contributed by atoms with Crippen molar-refractivity contribution in [3.05, 3.63) is 53.7 Å². The quantitative estimate of drug-likeness (QED) is 0.825. The van der Waals surface area contributed by atoms with E-state index >= 15 is 0 Å². The highest BCUT2D eigenvalue weighted by atomic mass is 16.3. The van der Waals surface area contributed by atoms with Crippen LogP contribution >= 0.6 is 0 Å². The van der Waals surface area contributed by atoms with Gasteiger partial charge in [0, 0.05) is 44.6 Å². The molecule has 3 N–H and O–H groups in total. The van der Waals surface area contributed by atoms with Crippen molar-refractivity contribution in [2.45, 2.75) is 19.4 Å². The number of hydrogen-bond donors (Lipinski definition) is 2. The highest BCUT2D eigenvalue weighted by molar-refractivity contribution is 5.48. The average Bonchev–Trinajstić information content (AvgIpc) is 2.63. The standard InChI is InChI=1S/C19H26N4O/c1-15-5-6-16(14-17(15)20)18(24)7-9-22-10-12-23(13-11-22)19-4-2-3-8-21-19/h2-6,8,14,18,24H,7,9-13,20H2,1H3. The number of nitrogens with two attached hydrogens (primary N) is 1. The fraction of sp³-hybridized carbons (Fsp3) is 0.421. The van der Waals surface area contributed by atoms with Crippen molar-refractivity contribution in [2.75, 3.05) is 43.4 Å². The molecule has 2 aromatic rings. The number of piperazine rings is 1. The van der Waals surface area contributed by atoms with E-state index in [0.29, 0.717) is 0 Å². The van der Waals surface area contributed by atoms with Gasteiger partial charge in [-0.25, -0.2) is 4.98 Å². The van der Waals surface area contributed by atoms with Gasteiger partial charge in [-0.3, -0.25) is 4.90 Å². The van der Waals surface area contributed by atoms with Gasteiger partial charge >= 0.3 is 0 Å². The van der Waals surface area contributed by atoms with E-state index in [9.17, 15) is 5.11 Å². The van der Waals surface area contributed by atoms with Gasteiger partial charge in [-0.05, 0) is 42.7 Å². The zero-order valence-corrected chi connectivity index (χ0v) is 14.2. The third-order valence-electron chi connectivity index (χ3n) is 4.75. The highest BCUT2D eigenvalue weighted by Crippen LogP contribution is 2.22. The van der Waals surface area contributed by atoms with E-state index in [4.69, 9.17) is 5.73 Å². The van der Waals surface area contributed by atoms with Crippen LogP contribution in [0.15, 0.2) is 42.6 Å². The van der Waals surface area contributed by atoms with Crippen LogP contribution in [0.4, 0.5) is 11.5 Å². The lowest BCUT2D eigenvalue weighted by atomic mass is 10.0. The van der Waals surface area contributed by atoms with E-state index in [1.54, 1.807) is 0 Å². The smallest absolute Gasteiger partial charge is 0.128 e. The van der Waals surface area contributed by atoms with Gasteiger partial charge in [0.15, 0.2) is 0 Å². The first-order chi connectivity index (χ1) is 11.6. The maximum absolute atomic E-state index is 10.4. The Labute approximate surface area is 143 Å². The van der Waals surface area contributed by atoms with Gasteiger partial charge in [0.05, 0.1) is 6.10 Å². The van der Waals surface area contributed by atoms with Gasteiger partial charge in [-0.2, -0.15) is 0 Å². The molecule has 0 aliphatic carbocycles. The molecule has 0 bridgehead atoms. The molecule has 1 aliphatic rings. The molecule has 1 unspecified atom stereocenters. The number of aliphatic hydroxyl groups excluding tert-OH is 1. The summed E-state index contributed by atoms with van der Waals surface area (Å²) in [4.78, 5) is 9.13. The van der Waals surface area contributed by atoms with Crippen molar-refractivity contribution in [1.29, 1.82) is 0 Å². The molecule has 128 valence electrons. The zero-order chi connectivity index (χ0) is 16.9. The summed E-state index contributed by atoms with van der Waals surface area (Å²) in [7, 11) is 0. The van der Waals surface area contributed by atoms with Crippen LogP contribution in [-0.2, 0) is 0 Å². The van der Waals surface area contributed by atoms with E-state index in [1.165, 1.54) is 0 Å². The Morgan fingerprint density at radius 1 is 1.17 bits per heavy atom. The molecular formula is C19H26N4O. The van der Waals surface area contributed by atoms with E-state index in [1.807, 2.05) is 43.5 Å². The molecule has 0 radical (unpaired) electrons. The van der Waals surface area contributed by atoms with Gasteiger partial charge in [-0.15, -0.1) is 0 Å². The van der Waals surface area contributed by atoms with Crippen molar-refractivity contribution >= 4 is 11.5 Å². The van der Waals surface area contributed by atoms with Crippen molar-refractivity contribution in [2.24, 2.45) is 0 Å². The van der Waals surface area contributed by atoms with Crippen LogP contribution in [0, 0.1) is 6.92 Å². The number of nitrogens with zero attached hydrogens (tertiary/aromatic N) is 3. The Morgan fingerprint density at radius 2 is 1.96 bits per heavy atom. The van der Waals surface area contributed by atoms with Gasteiger partial charge < -0.3 is 15.7 Å². The van der Waals surface area contributed by atoms with Crippen LogP contribution < -0.4 is 10.6 Å². The fourth-order valence-corrected chi connectivity index (χ4v) is 3.08. The number of benzene rings is 1. The Hall–Kier alpha value is -2.11. The second-order valence-corrected chi connectivity index (χ2v) is 6.44. The summed E-state index contributed by atoms with van der Waals surface area (Å²) in [6.45, 7) is 6.82. The highest BCUT2D eigenvalue weighted by Gasteiger charge is 2.19. The molecule has 5 nitrogen and oxygen atoms in total. The largest absolute Gasteiger partial charge is 0.399 e. The maximum atomic E-state index is 10.4. The molecule has 1 aliphatic heterocycles. The van der Waals surface area contributed by atoms with Gasteiger partial charge in [-0.1, -0.05) is 18.2 Å². The van der Waals surface area contributed by atoms with Crippen LogP contribution in [0.1, 0.15) is 23.7 Å². The minimum atomic E-state index is -0.457. The number of aliphatic hydroxyl groups is 1. The summed E-state index contributed by atoms with van der Waals surface area (Å²) in [5, 5.41) is 10.4. The summed E-state index contributed by atoms with van der Waals surface area (Å²) in [5.74, 6) is 1.05. The van der Waals surface area contributed by atoms with Crippen molar-refractivity contribution in [3.8, 4) is 0 Å². The second-order valence-electron chi connectivity index (χ2n) is 6.44. The molecule has 2 heterocycles. The van der Waals surface area contributed by atoms with Crippen molar-refractivity contribution in [3.63, 3.8) is 0 Å². The maximum Gasteiger partial charge on any atom is 0.128 e. The third-order valence-corrected chi connectivity index (χ3v) is 4.75. The summed E-state index contributed by atoms with van der Waals surface area (Å²) >= 11 is 0. The number of aryl methyl sites for hydroxylation is 1.